The van der Waals surface area contributed by atoms with Crippen LogP contribution in [0.5, 0.6) is 0 Å². The zero-order valence-corrected chi connectivity index (χ0v) is 14.8. The highest BCUT2D eigenvalue weighted by Crippen LogP contribution is 2.36. The van der Waals surface area contributed by atoms with E-state index in [2.05, 4.69) is 58.7 Å². The van der Waals surface area contributed by atoms with Gasteiger partial charge in [-0.05, 0) is 51.3 Å². The molecule has 1 aromatic carbocycles. The van der Waals surface area contributed by atoms with Crippen LogP contribution in [0.25, 0.3) is 10.1 Å². The van der Waals surface area contributed by atoms with Gasteiger partial charge in [-0.1, -0.05) is 51.7 Å². The van der Waals surface area contributed by atoms with Crippen LogP contribution >= 0.6 is 27.3 Å². The largest absolute Gasteiger partial charge is 0.310 e. The van der Waals surface area contributed by atoms with E-state index in [1.54, 1.807) is 0 Å². The molecule has 1 aromatic heterocycles. The maximum atomic E-state index is 3.66. The Bertz CT molecular complexity index is 535. The van der Waals surface area contributed by atoms with Crippen LogP contribution in [0.3, 0.4) is 0 Å². The van der Waals surface area contributed by atoms with Gasteiger partial charge in [0.1, 0.15) is 0 Å². The van der Waals surface area contributed by atoms with E-state index in [1.165, 1.54) is 52.2 Å². The van der Waals surface area contributed by atoms with Crippen molar-refractivity contribution in [1.82, 2.24) is 5.32 Å². The third kappa shape index (κ3) is 3.84. The third-order valence-corrected chi connectivity index (χ3v) is 5.72. The summed E-state index contributed by atoms with van der Waals surface area (Å²) in [5.41, 5.74) is 1.48. The fraction of sp³-hybridized carbons (Fsp3) is 0.529. The van der Waals surface area contributed by atoms with Gasteiger partial charge in [-0.25, -0.2) is 0 Å². The minimum absolute atomic E-state index is 0.500. The molecule has 1 atom stereocenters. The predicted octanol–water partition coefficient (Wildman–Crippen LogP) is 6.28. The van der Waals surface area contributed by atoms with E-state index in [-0.39, 0.29) is 0 Å². The molecule has 0 fully saturated rings. The number of halogens is 1. The van der Waals surface area contributed by atoms with E-state index in [0.29, 0.717) is 6.04 Å². The first-order valence-electron chi connectivity index (χ1n) is 7.66. The second kappa shape index (κ2) is 8.16. The lowest BCUT2D eigenvalue weighted by atomic mass is 9.99. The topological polar surface area (TPSA) is 12.0 Å². The van der Waals surface area contributed by atoms with E-state index in [0.717, 1.165) is 6.54 Å². The molecule has 0 spiro atoms. The van der Waals surface area contributed by atoms with Gasteiger partial charge in [-0.2, -0.15) is 0 Å². The van der Waals surface area contributed by atoms with Gasteiger partial charge in [0.25, 0.3) is 0 Å². The van der Waals surface area contributed by atoms with Crippen molar-refractivity contribution in [3.05, 3.63) is 33.6 Å². The molecule has 0 bridgehead atoms. The minimum Gasteiger partial charge on any atom is -0.310 e. The van der Waals surface area contributed by atoms with Crippen molar-refractivity contribution in [2.24, 2.45) is 0 Å². The Morgan fingerprint density at radius 1 is 1.20 bits per heavy atom. The number of nitrogens with one attached hydrogen (secondary N) is 1. The van der Waals surface area contributed by atoms with Crippen molar-refractivity contribution < 1.29 is 0 Å². The number of rotatable bonds is 8. The Hall–Kier alpha value is -0.380. The summed E-state index contributed by atoms with van der Waals surface area (Å²) in [4.78, 5) is 0. The number of hydrogen-bond acceptors (Lipinski definition) is 2. The first kappa shape index (κ1) is 16.0. The summed E-state index contributed by atoms with van der Waals surface area (Å²) < 4.78 is 2.59. The molecule has 1 unspecified atom stereocenters. The average molecular weight is 354 g/mol. The summed E-state index contributed by atoms with van der Waals surface area (Å²) in [5.74, 6) is 0. The standard InChI is InChI=1S/C17H24BrNS/c1-3-5-6-7-11-16(19-4-2)14-12-20-17-13(14)9-8-10-15(17)18/h8-10,12,16,19H,3-7,11H2,1-2H3. The number of thiophene rings is 1. The average Bonchev–Trinajstić information content (AvgIpc) is 2.88. The van der Waals surface area contributed by atoms with Crippen LogP contribution in [0, 0.1) is 0 Å². The number of fused-ring (bicyclic) bond motifs is 1. The van der Waals surface area contributed by atoms with Crippen LogP contribution < -0.4 is 5.32 Å². The van der Waals surface area contributed by atoms with Gasteiger partial charge in [0, 0.05) is 15.2 Å². The molecule has 0 saturated carbocycles. The Kier molecular flexibility index (Phi) is 6.53. The first-order chi connectivity index (χ1) is 9.77. The van der Waals surface area contributed by atoms with Gasteiger partial charge in [0.15, 0.2) is 0 Å². The lowest BCUT2D eigenvalue weighted by Gasteiger charge is -2.17. The van der Waals surface area contributed by atoms with Crippen molar-refractivity contribution in [1.29, 1.82) is 0 Å². The normalized spacial score (nSPS) is 12.9. The molecule has 110 valence electrons. The summed E-state index contributed by atoms with van der Waals surface area (Å²) in [6.45, 7) is 5.50. The van der Waals surface area contributed by atoms with Gasteiger partial charge in [0.05, 0.1) is 0 Å². The van der Waals surface area contributed by atoms with E-state index in [1.807, 2.05) is 11.3 Å². The van der Waals surface area contributed by atoms with Crippen LogP contribution in [0.15, 0.2) is 28.1 Å². The van der Waals surface area contributed by atoms with Gasteiger partial charge in [0.2, 0.25) is 0 Å². The molecule has 1 nitrogen and oxygen atoms in total. The smallest absolute Gasteiger partial charge is 0.0488 e. The summed E-state index contributed by atoms with van der Waals surface area (Å²) in [6, 6.07) is 7.02. The molecule has 20 heavy (non-hydrogen) atoms. The summed E-state index contributed by atoms with van der Waals surface area (Å²) in [7, 11) is 0. The molecular weight excluding hydrogens is 330 g/mol. The highest BCUT2D eigenvalue weighted by Gasteiger charge is 2.15. The molecule has 1 N–H and O–H groups in total. The van der Waals surface area contributed by atoms with Crippen molar-refractivity contribution in [3.8, 4) is 0 Å². The zero-order chi connectivity index (χ0) is 14.4. The van der Waals surface area contributed by atoms with Gasteiger partial charge >= 0.3 is 0 Å². The fourth-order valence-electron chi connectivity index (χ4n) is 2.70. The van der Waals surface area contributed by atoms with Gasteiger partial charge < -0.3 is 5.32 Å². The minimum atomic E-state index is 0.500. The second-order valence-electron chi connectivity index (χ2n) is 5.27. The summed E-state index contributed by atoms with van der Waals surface area (Å²) >= 11 is 5.51. The van der Waals surface area contributed by atoms with Crippen molar-refractivity contribution in [3.63, 3.8) is 0 Å². The maximum absolute atomic E-state index is 3.66. The van der Waals surface area contributed by atoms with Gasteiger partial charge in [-0.3, -0.25) is 0 Å². The summed E-state index contributed by atoms with van der Waals surface area (Å²) in [6.07, 6.45) is 6.57. The lowest BCUT2D eigenvalue weighted by Crippen LogP contribution is -2.20. The van der Waals surface area contributed by atoms with Crippen molar-refractivity contribution >= 4 is 37.4 Å². The zero-order valence-electron chi connectivity index (χ0n) is 12.4. The highest BCUT2D eigenvalue weighted by atomic mass is 79.9. The van der Waals surface area contributed by atoms with Gasteiger partial charge in [-0.15, -0.1) is 11.3 Å². The van der Waals surface area contributed by atoms with E-state index in [9.17, 15) is 0 Å². The van der Waals surface area contributed by atoms with E-state index >= 15 is 0 Å². The monoisotopic (exact) mass is 353 g/mol. The Labute approximate surface area is 134 Å². The highest BCUT2D eigenvalue weighted by molar-refractivity contribution is 9.10. The van der Waals surface area contributed by atoms with Crippen LogP contribution in [-0.2, 0) is 0 Å². The van der Waals surface area contributed by atoms with E-state index in [4.69, 9.17) is 0 Å². The molecule has 3 heteroatoms. The lowest BCUT2D eigenvalue weighted by molar-refractivity contribution is 0.485. The molecule has 0 aliphatic heterocycles. The molecule has 2 rings (SSSR count). The number of unbranched alkanes of at least 4 members (excludes halogenated alkanes) is 3. The Morgan fingerprint density at radius 2 is 2.05 bits per heavy atom. The SMILES string of the molecule is CCCCCCC(NCC)c1csc2c(Br)cccc12. The number of hydrogen-bond donors (Lipinski definition) is 1. The Balaban J connectivity index is 2.16. The van der Waals surface area contributed by atoms with Crippen LogP contribution in [0.1, 0.15) is 57.6 Å². The first-order valence-corrected chi connectivity index (χ1v) is 9.34. The quantitative estimate of drug-likeness (QED) is 0.550. The summed E-state index contributed by atoms with van der Waals surface area (Å²) in [5, 5.41) is 7.41. The molecule has 0 radical (unpaired) electrons. The molecule has 2 aromatic rings. The second-order valence-corrected chi connectivity index (χ2v) is 7.00. The van der Waals surface area contributed by atoms with E-state index < -0.39 is 0 Å². The van der Waals surface area contributed by atoms with Crippen LogP contribution in [0.2, 0.25) is 0 Å². The number of benzene rings is 1. The van der Waals surface area contributed by atoms with Crippen molar-refractivity contribution in [2.75, 3.05) is 6.54 Å². The fourth-order valence-corrected chi connectivity index (χ4v) is 4.38. The molecule has 0 aliphatic rings. The van der Waals surface area contributed by atoms with Crippen LogP contribution in [0.4, 0.5) is 0 Å². The maximum Gasteiger partial charge on any atom is 0.0488 e. The predicted molar refractivity (Wildman–Crippen MR) is 94.7 cm³/mol. The molecule has 1 heterocycles. The third-order valence-electron chi connectivity index (χ3n) is 3.75. The molecule has 0 amide bonds. The Morgan fingerprint density at radius 3 is 2.80 bits per heavy atom. The van der Waals surface area contributed by atoms with Crippen LogP contribution in [-0.4, -0.2) is 6.54 Å². The molecule has 0 saturated heterocycles. The van der Waals surface area contributed by atoms with Crippen molar-refractivity contribution in [2.45, 2.75) is 52.0 Å². The molecule has 0 aliphatic carbocycles. The molecular formula is C17H24BrNS.